The Morgan fingerprint density at radius 1 is 1.45 bits per heavy atom. The summed E-state index contributed by atoms with van der Waals surface area (Å²) in [5.74, 6) is 0.455. The highest BCUT2D eigenvalue weighted by Crippen LogP contribution is 2.32. The molecule has 0 aromatic carbocycles. The largest absolute Gasteiger partial charge is 0.375 e. The molecule has 1 fully saturated rings. The summed E-state index contributed by atoms with van der Waals surface area (Å²) in [5.41, 5.74) is -0.358. The van der Waals surface area contributed by atoms with Gasteiger partial charge in [0.25, 0.3) is 0 Å². The molecule has 20 heavy (non-hydrogen) atoms. The van der Waals surface area contributed by atoms with Crippen molar-refractivity contribution in [2.75, 3.05) is 24.3 Å². The monoisotopic (exact) mass is 281 g/mol. The summed E-state index contributed by atoms with van der Waals surface area (Å²) < 4.78 is 5.64. The minimum Gasteiger partial charge on any atom is -0.375 e. The number of nitrogens with one attached hydrogen (secondary N) is 2. The van der Waals surface area contributed by atoms with Crippen molar-refractivity contribution in [1.29, 1.82) is 0 Å². The maximum Gasteiger partial charge on any atom is 0.353 e. The van der Waals surface area contributed by atoms with E-state index in [1.54, 1.807) is 7.05 Å². The van der Waals surface area contributed by atoms with E-state index in [2.05, 4.69) is 20.6 Å². The molecule has 8 nitrogen and oxygen atoms in total. The number of ether oxygens (including phenoxy) is 1. The molecule has 1 aliphatic rings. The van der Waals surface area contributed by atoms with Gasteiger partial charge in [-0.25, -0.2) is 9.97 Å². The lowest BCUT2D eigenvalue weighted by Crippen LogP contribution is -2.40. The normalized spacial score (nSPS) is 21.2. The molecule has 2 heterocycles. The third-order valence-electron chi connectivity index (χ3n) is 3.28. The number of nitro groups is 1. The molecule has 0 bridgehead atoms. The van der Waals surface area contributed by atoms with Crippen LogP contribution >= 0.6 is 0 Å². The van der Waals surface area contributed by atoms with E-state index >= 15 is 0 Å². The topological polar surface area (TPSA) is 102 Å². The maximum absolute atomic E-state index is 11.2. The second kappa shape index (κ2) is 5.58. The number of anilines is 2. The van der Waals surface area contributed by atoms with Crippen molar-refractivity contribution in [2.24, 2.45) is 0 Å². The molecule has 1 aromatic rings. The van der Waals surface area contributed by atoms with Crippen LogP contribution in [0.15, 0.2) is 6.33 Å². The molecule has 2 N–H and O–H groups in total. The Labute approximate surface area is 117 Å². The third-order valence-corrected chi connectivity index (χ3v) is 3.28. The summed E-state index contributed by atoms with van der Waals surface area (Å²) in [6.45, 7) is 4.64. The van der Waals surface area contributed by atoms with Gasteiger partial charge in [-0.1, -0.05) is 0 Å². The summed E-state index contributed by atoms with van der Waals surface area (Å²) in [7, 11) is 1.59. The molecular formula is C12H19N5O3. The fraction of sp³-hybridized carbons (Fsp3) is 0.667. The van der Waals surface area contributed by atoms with Crippen molar-refractivity contribution in [1.82, 2.24) is 9.97 Å². The predicted molar refractivity (Wildman–Crippen MR) is 74.9 cm³/mol. The van der Waals surface area contributed by atoms with Crippen LogP contribution in [-0.4, -0.2) is 40.2 Å². The first-order chi connectivity index (χ1) is 9.43. The van der Waals surface area contributed by atoms with Crippen molar-refractivity contribution < 1.29 is 9.66 Å². The van der Waals surface area contributed by atoms with Crippen molar-refractivity contribution in [3.63, 3.8) is 0 Å². The highest BCUT2D eigenvalue weighted by molar-refractivity contribution is 5.69. The first-order valence-corrected chi connectivity index (χ1v) is 6.50. The second-order valence-corrected chi connectivity index (χ2v) is 5.37. The summed E-state index contributed by atoms with van der Waals surface area (Å²) in [6.07, 6.45) is 2.87. The van der Waals surface area contributed by atoms with Crippen molar-refractivity contribution in [2.45, 2.75) is 38.3 Å². The molecule has 1 atom stereocenters. The van der Waals surface area contributed by atoms with E-state index in [0.29, 0.717) is 6.61 Å². The lowest BCUT2D eigenvalue weighted by molar-refractivity contribution is -0.383. The Bertz CT molecular complexity index is 506. The first kappa shape index (κ1) is 14.4. The summed E-state index contributed by atoms with van der Waals surface area (Å²) in [6, 6.07) is 0.0945. The fourth-order valence-corrected chi connectivity index (χ4v) is 2.39. The number of nitrogens with zero attached hydrogens (tertiary/aromatic N) is 3. The minimum atomic E-state index is -0.474. The van der Waals surface area contributed by atoms with Gasteiger partial charge in [0.15, 0.2) is 0 Å². The molecule has 0 spiro atoms. The Hall–Kier alpha value is -1.96. The van der Waals surface area contributed by atoms with Crippen molar-refractivity contribution >= 4 is 17.3 Å². The van der Waals surface area contributed by atoms with Gasteiger partial charge >= 0.3 is 5.69 Å². The van der Waals surface area contributed by atoms with Gasteiger partial charge in [0.05, 0.1) is 10.5 Å². The summed E-state index contributed by atoms with van der Waals surface area (Å²) >= 11 is 0. The van der Waals surface area contributed by atoms with Gasteiger partial charge < -0.3 is 15.4 Å². The van der Waals surface area contributed by atoms with Crippen molar-refractivity contribution in [3.8, 4) is 0 Å². The Kier molecular flexibility index (Phi) is 4.03. The van der Waals surface area contributed by atoms with Crippen LogP contribution in [0.2, 0.25) is 0 Å². The number of hydrogen-bond donors (Lipinski definition) is 2. The van der Waals surface area contributed by atoms with E-state index in [-0.39, 0.29) is 29.0 Å². The van der Waals surface area contributed by atoms with Crippen LogP contribution in [0.1, 0.15) is 26.7 Å². The molecule has 0 radical (unpaired) electrons. The predicted octanol–water partition coefficient (Wildman–Crippen LogP) is 1.80. The number of rotatable bonds is 4. The zero-order valence-corrected chi connectivity index (χ0v) is 11.8. The van der Waals surface area contributed by atoms with E-state index in [1.165, 1.54) is 6.33 Å². The van der Waals surface area contributed by atoms with Gasteiger partial charge in [0.1, 0.15) is 6.33 Å². The van der Waals surface area contributed by atoms with Crippen LogP contribution in [0.3, 0.4) is 0 Å². The number of hydrogen-bond acceptors (Lipinski definition) is 7. The Morgan fingerprint density at radius 3 is 2.75 bits per heavy atom. The van der Waals surface area contributed by atoms with Gasteiger partial charge in [0, 0.05) is 19.7 Å². The molecule has 1 aromatic heterocycles. The van der Waals surface area contributed by atoms with Crippen LogP contribution in [0, 0.1) is 10.1 Å². The average molecular weight is 281 g/mol. The SMILES string of the molecule is CNc1ncnc(NC2CCOC(C)(C)C2)c1[N+](=O)[O-]. The molecule has 1 aliphatic heterocycles. The van der Waals surface area contributed by atoms with Crippen LogP contribution in [0.5, 0.6) is 0 Å². The lowest BCUT2D eigenvalue weighted by atomic mass is 9.94. The molecule has 0 saturated carbocycles. The highest BCUT2D eigenvalue weighted by Gasteiger charge is 2.31. The highest BCUT2D eigenvalue weighted by atomic mass is 16.6. The average Bonchev–Trinajstić information content (AvgIpc) is 2.36. The molecule has 0 aliphatic carbocycles. The lowest BCUT2D eigenvalue weighted by Gasteiger charge is -2.35. The van der Waals surface area contributed by atoms with E-state index in [0.717, 1.165) is 12.8 Å². The molecule has 8 heteroatoms. The quantitative estimate of drug-likeness (QED) is 0.640. The van der Waals surface area contributed by atoms with Gasteiger partial charge in [-0.2, -0.15) is 0 Å². The van der Waals surface area contributed by atoms with Gasteiger partial charge in [-0.3, -0.25) is 10.1 Å². The molecule has 1 unspecified atom stereocenters. The first-order valence-electron chi connectivity index (χ1n) is 6.50. The molecule has 0 amide bonds. The third kappa shape index (κ3) is 3.13. The summed E-state index contributed by atoms with van der Waals surface area (Å²) in [5, 5.41) is 17.1. The zero-order valence-electron chi connectivity index (χ0n) is 11.8. The molecule has 1 saturated heterocycles. The van der Waals surface area contributed by atoms with Crippen LogP contribution in [0.4, 0.5) is 17.3 Å². The molecule has 2 rings (SSSR count). The van der Waals surface area contributed by atoms with Gasteiger partial charge in [0.2, 0.25) is 11.6 Å². The fourth-order valence-electron chi connectivity index (χ4n) is 2.39. The molecule has 110 valence electrons. The van der Waals surface area contributed by atoms with Crippen molar-refractivity contribution in [3.05, 3.63) is 16.4 Å². The van der Waals surface area contributed by atoms with Gasteiger partial charge in [-0.05, 0) is 26.7 Å². The Balaban J connectivity index is 2.23. The number of aromatic nitrogens is 2. The Morgan fingerprint density at radius 2 is 2.15 bits per heavy atom. The van der Waals surface area contributed by atoms with Crippen LogP contribution in [0.25, 0.3) is 0 Å². The smallest absolute Gasteiger partial charge is 0.353 e. The van der Waals surface area contributed by atoms with Crippen LogP contribution in [-0.2, 0) is 4.74 Å². The van der Waals surface area contributed by atoms with E-state index in [1.807, 2.05) is 13.8 Å². The van der Waals surface area contributed by atoms with E-state index in [9.17, 15) is 10.1 Å². The zero-order chi connectivity index (χ0) is 14.8. The summed E-state index contributed by atoms with van der Waals surface area (Å²) in [4.78, 5) is 18.6. The van der Waals surface area contributed by atoms with E-state index < -0.39 is 4.92 Å². The minimum absolute atomic E-state index is 0.0945. The maximum atomic E-state index is 11.2. The second-order valence-electron chi connectivity index (χ2n) is 5.37. The van der Waals surface area contributed by atoms with Crippen LogP contribution < -0.4 is 10.6 Å². The standard InChI is InChI=1S/C12H19N5O3/c1-12(2)6-8(4-5-20-12)16-11-9(17(18)19)10(13-3)14-7-15-11/h7-8H,4-6H2,1-3H3,(H2,13,14,15,16). The van der Waals surface area contributed by atoms with Gasteiger partial charge in [-0.15, -0.1) is 0 Å². The van der Waals surface area contributed by atoms with E-state index in [4.69, 9.17) is 4.74 Å². The molecular weight excluding hydrogens is 262 g/mol.